The lowest BCUT2D eigenvalue weighted by Crippen LogP contribution is -2.60. The van der Waals surface area contributed by atoms with E-state index >= 15 is 0 Å². The van der Waals surface area contributed by atoms with Crippen LogP contribution in [0.2, 0.25) is 0 Å². The monoisotopic (exact) mass is 835 g/mol. The molecule has 1 fully saturated rings. The summed E-state index contributed by atoms with van der Waals surface area (Å²) < 4.78 is 54.0. The van der Waals surface area contributed by atoms with Gasteiger partial charge in [-0.1, -0.05) is 161 Å². The van der Waals surface area contributed by atoms with Gasteiger partial charge in [-0.3, -0.25) is 14.1 Å². The minimum Gasteiger partial charge on any atom is -0.462 e. The third-order valence-electron chi connectivity index (χ3n) is 10.6. The van der Waals surface area contributed by atoms with E-state index in [1.165, 1.54) is 103 Å². The summed E-state index contributed by atoms with van der Waals surface area (Å²) in [6.07, 6.45) is 26.8. The molecule has 4 N–H and O–H groups in total. The van der Waals surface area contributed by atoms with Gasteiger partial charge in [0.15, 0.2) is 12.4 Å². The highest BCUT2D eigenvalue weighted by atomic mass is 32.2. The van der Waals surface area contributed by atoms with Crippen molar-refractivity contribution in [1.82, 2.24) is 0 Å². The van der Waals surface area contributed by atoms with Crippen LogP contribution in [0.3, 0.4) is 0 Å². The number of aliphatic hydroxyl groups excluding tert-OH is 3. The second-order valence-corrected chi connectivity index (χ2v) is 17.6. The van der Waals surface area contributed by atoms with Crippen molar-refractivity contribution in [3.63, 3.8) is 0 Å². The quantitative estimate of drug-likeness (QED) is 0.0200. The molecule has 0 aliphatic carbocycles. The van der Waals surface area contributed by atoms with Gasteiger partial charge in [-0.05, 0) is 38.5 Å². The maximum Gasteiger partial charge on any atom is 0.306 e. The molecule has 6 unspecified atom stereocenters. The standard InChI is InChI=1S/C44H82O12S/c1-3-5-7-9-11-13-15-17-19-21-23-25-27-29-31-33-40(46)55-37(35-54-44-43(49)42(48)41(47)38(56-44)36-57(50,51)52)34-53-39(45)32-30-28-26-24-22-20-18-16-14-12-10-8-6-4-2/h17,19,37-38,41-44,47-49H,3-16,18,20-36H2,1-2H3,(H,50,51,52)/b19-17-. The molecule has 12 nitrogen and oxygen atoms in total. The zero-order valence-corrected chi connectivity index (χ0v) is 36.5. The number of aliphatic hydroxyl groups is 3. The number of unbranched alkanes of at least 4 members (excludes halogenated alkanes) is 24. The van der Waals surface area contributed by atoms with E-state index in [9.17, 15) is 37.9 Å². The summed E-state index contributed by atoms with van der Waals surface area (Å²) in [5, 5.41) is 30.9. The number of carbonyl (C=O) groups is 2. The summed E-state index contributed by atoms with van der Waals surface area (Å²) in [5.74, 6) is -1.98. The van der Waals surface area contributed by atoms with Crippen molar-refractivity contribution in [3.8, 4) is 0 Å². The zero-order valence-electron chi connectivity index (χ0n) is 35.7. The van der Waals surface area contributed by atoms with Crippen molar-refractivity contribution in [2.45, 2.75) is 237 Å². The average molecular weight is 835 g/mol. The average Bonchev–Trinajstić information content (AvgIpc) is 3.17. The predicted molar refractivity (Wildman–Crippen MR) is 224 cm³/mol. The first kappa shape index (κ1) is 53.4. The van der Waals surface area contributed by atoms with E-state index in [2.05, 4.69) is 26.0 Å². The number of allylic oxidation sites excluding steroid dienone is 2. The smallest absolute Gasteiger partial charge is 0.306 e. The Morgan fingerprint density at radius 3 is 1.46 bits per heavy atom. The SMILES string of the molecule is CCCCCCCC/C=C\CCCCCCCC(=O)OC(COC(=O)CCCCCCCCCCCCCCCC)COC1OC(CS(=O)(=O)O)C(O)C(O)C1O. The highest BCUT2D eigenvalue weighted by Gasteiger charge is 2.46. The van der Waals surface area contributed by atoms with Gasteiger partial charge in [0, 0.05) is 12.8 Å². The summed E-state index contributed by atoms with van der Waals surface area (Å²) in [6, 6.07) is 0. The molecule has 0 aromatic rings. The van der Waals surface area contributed by atoms with E-state index in [-0.39, 0.29) is 19.4 Å². The molecule has 1 saturated heterocycles. The molecule has 0 aromatic carbocycles. The Labute approximate surface area is 346 Å². The molecule has 0 aromatic heterocycles. The Balaban J connectivity index is 2.45. The molecule has 336 valence electrons. The topological polar surface area (TPSA) is 186 Å². The van der Waals surface area contributed by atoms with Gasteiger partial charge in [0.05, 0.1) is 6.61 Å². The highest BCUT2D eigenvalue weighted by molar-refractivity contribution is 7.85. The van der Waals surface area contributed by atoms with Crippen LogP contribution in [0.1, 0.15) is 200 Å². The van der Waals surface area contributed by atoms with Crippen molar-refractivity contribution in [3.05, 3.63) is 12.2 Å². The number of rotatable bonds is 38. The van der Waals surface area contributed by atoms with Gasteiger partial charge in [-0.15, -0.1) is 0 Å². The molecule has 1 aliphatic rings. The molecule has 0 bridgehead atoms. The normalized spacial score (nSPS) is 20.6. The molecule has 0 radical (unpaired) electrons. The minimum absolute atomic E-state index is 0.158. The van der Waals surface area contributed by atoms with Crippen molar-refractivity contribution in [2.24, 2.45) is 0 Å². The van der Waals surface area contributed by atoms with Crippen LogP contribution in [-0.4, -0.2) is 96.0 Å². The third-order valence-corrected chi connectivity index (χ3v) is 11.3. The molecule has 1 rings (SSSR count). The fourth-order valence-electron chi connectivity index (χ4n) is 7.02. The molecular formula is C44H82O12S. The van der Waals surface area contributed by atoms with Gasteiger partial charge >= 0.3 is 11.9 Å². The molecule has 0 amide bonds. The zero-order chi connectivity index (χ0) is 42.0. The lowest BCUT2D eigenvalue weighted by Gasteiger charge is -2.40. The number of ether oxygens (including phenoxy) is 4. The van der Waals surface area contributed by atoms with Crippen LogP contribution in [-0.2, 0) is 38.7 Å². The van der Waals surface area contributed by atoms with Crippen LogP contribution in [0.15, 0.2) is 12.2 Å². The van der Waals surface area contributed by atoms with Crippen molar-refractivity contribution < 1.29 is 56.8 Å². The van der Waals surface area contributed by atoms with E-state index in [1.54, 1.807) is 0 Å². The van der Waals surface area contributed by atoms with Crippen LogP contribution in [0.4, 0.5) is 0 Å². The van der Waals surface area contributed by atoms with Crippen LogP contribution in [0.5, 0.6) is 0 Å². The van der Waals surface area contributed by atoms with Crippen LogP contribution in [0, 0.1) is 0 Å². The molecule has 13 heteroatoms. The number of hydrogen-bond donors (Lipinski definition) is 4. The second-order valence-electron chi connectivity index (χ2n) is 16.1. The van der Waals surface area contributed by atoms with Gasteiger partial charge in [0.2, 0.25) is 0 Å². The van der Waals surface area contributed by atoms with E-state index < -0.39 is 71.2 Å². The number of esters is 2. The van der Waals surface area contributed by atoms with Crippen molar-refractivity contribution in [2.75, 3.05) is 19.0 Å². The first-order valence-electron chi connectivity index (χ1n) is 22.7. The molecule has 57 heavy (non-hydrogen) atoms. The van der Waals surface area contributed by atoms with E-state index in [0.717, 1.165) is 57.8 Å². The fraction of sp³-hybridized carbons (Fsp3) is 0.909. The molecule has 1 heterocycles. The van der Waals surface area contributed by atoms with Gasteiger partial charge in [-0.25, -0.2) is 0 Å². The maximum atomic E-state index is 12.8. The Bertz CT molecular complexity index is 1120. The molecule has 0 spiro atoms. The fourth-order valence-corrected chi connectivity index (χ4v) is 7.72. The first-order chi connectivity index (χ1) is 27.5. The van der Waals surface area contributed by atoms with Crippen LogP contribution < -0.4 is 0 Å². The largest absolute Gasteiger partial charge is 0.462 e. The number of carbonyl (C=O) groups excluding carboxylic acids is 2. The Hall–Kier alpha value is -1.61. The Kier molecular flexibility index (Phi) is 33.0. The third kappa shape index (κ3) is 30.1. The van der Waals surface area contributed by atoms with E-state index in [4.69, 9.17) is 18.9 Å². The van der Waals surface area contributed by atoms with Gasteiger partial charge in [0.25, 0.3) is 10.1 Å². The lowest BCUT2D eigenvalue weighted by atomic mass is 10.00. The van der Waals surface area contributed by atoms with Crippen molar-refractivity contribution in [1.29, 1.82) is 0 Å². The molecule has 0 saturated carbocycles. The maximum absolute atomic E-state index is 12.8. The van der Waals surface area contributed by atoms with E-state index in [1.807, 2.05) is 0 Å². The first-order valence-corrected chi connectivity index (χ1v) is 24.4. The predicted octanol–water partition coefficient (Wildman–Crippen LogP) is 9.06. The van der Waals surface area contributed by atoms with Gasteiger partial charge in [0.1, 0.15) is 36.8 Å². The van der Waals surface area contributed by atoms with Crippen molar-refractivity contribution >= 4 is 22.1 Å². The Morgan fingerprint density at radius 1 is 0.579 bits per heavy atom. The number of hydrogen-bond acceptors (Lipinski definition) is 11. The summed E-state index contributed by atoms with van der Waals surface area (Å²) in [7, 11) is -4.60. The second kappa shape index (κ2) is 35.2. The molecule has 6 atom stereocenters. The van der Waals surface area contributed by atoms with Gasteiger partial charge < -0.3 is 34.3 Å². The van der Waals surface area contributed by atoms with Gasteiger partial charge in [-0.2, -0.15) is 8.42 Å². The summed E-state index contributed by atoms with van der Waals surface area (Å²) >= 11 is 0. The van der Waals surface area contributed by atoms with Crippen LogP contribution >= 0.6 is 0 Å². The van der Waals surface area contributed by atoms with Crippen LogP contribution in [0.25, 0.3) is 0 Å². The molecular weight excluding hydrogens is 753 g/mol. The summed E-state index contributed by atoms with van der Waals surface area (Å²) in [5.41, 5.74) is 0. The Morgan fingerprint density at radius 2 is 1.00 bits per heavy atom. The lowest BCUT2D eigenvalue weighted by molar-refractivity contribution is -0.297. The molecule has 1 aliphatic heterocycles. The highest BCUT2D eigenvalue weighted by Crippen LogP contribution is 2.24. The summed E-state index contributed by atoms with van der Waals surface area (Å²) in [4.78, 5) is 25.4. The minimum atomic E-state index is -4.60. The summed E-state index contributed by atoms with van der Waals surface area (Å²) in [6.45, 7) is 3.76. The van der Waals surface area contributed by atoms with E-state index in [0.29, 0.717) is 12.8 Å².